The minimum absolute atomic E-state index is 0.166. The summed E-state index contributed by atoms with van der Waals surface area (Å²) >= 11 is 0. The number of benzene rings is 2. The van der Waals surface area contributed by atoms with Gasteiger partial charge in [0, 0.05) is 50.3 Å². The van der Waals surface area contributed by atoms with Crippen molar-refractivity contribution >= 4 is 21.4 Å². The summed E-state index contributed by atoms with van der Waals surface area (Å²) in [5, 5.41) is 11.5. The van der Waals surface area contributed by atoms with Gasteiger partial charge in [0.1, 0.15) is 11.6 Å². The van der Waals surface area contributed by atoms with Crippen LogP contribution in [0.4, 0.5) is 5.69 Å². The van der Waals surface area contributed by atoms with Crippen molar-refractivity contribution in [1.29, 1.82) is 0 Å². The number of aryl methyl sites for hydroxylation is 1. The Morgan fingerprint density at radius 1 is 0.970 bits per heavy atom. The van der Waals surface area contributed by atoms with E-state index in [1.54, 1.807) is 6.07 Å². The maximum absolute atomic E-state index is 12.8. The van der Waals surface area contributed by atoms with Crippen LogP contribution in [0.5, 0.6) is 0 Å². The zero-order valence-corrected chi connectivity index (χ0v) is 19.2. The average Bonchev–Trinajstić information content (AvgIpc) is 3.42. The lowest BCUT2D eigenvalue weighted by Gasteiger charge is -2.26. The third kappa shape index (κ3) is 5.15. The standard InChI is InChI=1S/C24H27N5O3S/c30-24(20-4-1-3-19(15-20)17-28-11-13-33(31,32)14-12-28)25-21-8-6-18(7-9-21)16-23-27-26-22-5-2-10-29(22)23/h1,3-4,6-9,15H,2,5,10-14,16-17H2,(H,25,30). The zero-order valence-electron chi connectivity index (χ0n) is 18.4. The van der Waals surface area contributed by atoms with E-state index >= 15 is 0 Å². The largest absolute Gasteiger partial charge is 0.322 e. The van der Waals surface area contributed by atoms with E-state index in [1.807, 2.05) is 42.5 Å². The Hall–Kier alpha value is -3.04. The Balaban J connectivity index is 1.19. The van der Waals surface area contributed by atoms with Crippen molar-refractivity contribution in [3.8, 4) is 0 Å². The second-order valence-corrected chi connectivity index (χ2v) is 11.0. The number of carbonyl (C=O) groups is 1. The van der Waals surface area contributed by atoms with Gasteiger partial charge in [0.25, 0.3) is 5.91 Å². The zero-order chi connectivity index (χ0) is 22.8. The lowest BCUT2D eigenvalue weighted by molar-refractivity contribution is 0.102. The highest BCUT2D eigenvalue weighted by Crippen LogP contribution is 2.19. The fraction of sp³-hybridized carbons (Fsp3) is 0.375. The molecule has 3 aromatic rings. The van der Waals surface area contributed by atoms with E-state index in [-0.39, 0.29) is 17.4 Å². The normalized spacial score (nSPS) is 17.6. The molecule has 3 heterocycles. The fourth-order valence-corrected chi connectivity index (χ4v) is 5.69. The second kappa shape index (κ2) is 9.07. The average molecular weight is 466 g/mol. The molecule has 1 saturated heterocycles. The molecule has 8 nitrogen and oxygen atoms in total. The highest BCUT2D eigenvalue weighted by Gasteiger charge is 2.22. The molecule has 1 aromatic heterocycles. The van der Waals surface area contributed by atoms with E-state index in [0.29, 0.717) is 25.2 Å². The summed E-state index contributed by atoms with van der Waals surface area (Å²) in [5.74, 6) is 2.29. The van der Waals surface area contributed by atoms with Crippen molar-refractivity contribution in [1.82, 2.24) is 19.7 Å². The fourth-order valence-electron chi connectivity index (χ4n) is 4.41. The summed E-state index contributed by atoms with van der Waals surface area (Å²) in [5.41, 5.74) is 3.45. The first-order chi connectivity index (χ1) is 15.9. The molecule has 172 valence electrons. The van der Waals surface area contributed by atoms with Crippen molar-refractivity contribution < 1.29 is 13.2 Å². The molecule has 0 bridgehead atoms. The number of hydrogen-bond acceptors (Lipinski definition) is 6. The molecule has 33 heavy (non-hydrogen) atoms. The van der Waals surface area contributed by atoms with Gasteiger partial charge in [-0.25, -0.2) is 8.42 Å². The quantitative estimate of drug-likeness (QED) is 0.600. The van der Waals surface area contributed by atoms with Crippen LogP contribution in [0, 0.1) is 0 Å². The molecular formula is C24H27N5O3S. The number of fused-ring (bicyclic) bond motifs is 1. The van der Waals surface area contributed by atoms with Crippen LogP contribution in [0.15, 0.2) is 48.5 Å². The van der Waals surface area contributed by atoms with Crippen LogP contribution in [-0.4, -0.2) is 58.6 Å². The molecule has 0 spiro atoms. The highest BCUT2D eigenvalue weighted by atomic mass is 32.2. The maximum atomic E-state index is 12.8. The van der Waals surface area contributed by atoms with Gasteiger partial charge in [0.15, 0.2) is 9.84 Å². The summed E-state index contributed by atoms with van der Waals surface area (Å²) in [6.07, 6.45) is 2.85. The molecule has 1 fully saturated rings. The molecule has 2 aromatic carbocycles. The topological polar surface area (TPSA) is 97.2 Å². The number of nitrogens with zero attached hydrogens (tertiary/aromatic N) is 4. The van der Waals surface area contributed by atoms with Crippen LogP contribution in [0.2, 0.25) is 0 Å². The summed E-state index contributed by atoms with van der Waals surface area (Å²) in [4.78, 5) is 14.9. The number of rotatable bonds is 6. The lowest BCUT2D eigenvalue weighted by Crippen LogP contribution is -2.39. The van der Waals surface area contributed by atoms with Crippen LogP contribution in [0.1, 0.15) is 39.6 Å². The van der Waals surface area contributed by atoms with Crippen LogP contribution in [0.3, 0.4) is 0 Å². The van der Waals surface area contributed by atoms with Gasteiger partial charge in [-0.05, 0) is 41.8 Å². The third-order valence-electron chi connectivity index (χ3n) is 6.29. The Kier molecular flexibility index (Phi) is 5.99. The van der Waals surface area contributed by atoms with Gasteiger partial charge in [-0.2, -0.15) is 0 Å². The van der Waals surface area contributed by atoms with E-state index < -0.39 is 9.84 Å². The number of anilines is 1. The van der Waals surface area contributed by atoms with Gasteiger partial charge >= 0.3 is 0 Å². The monoisotopic (exact) mass is 465 g/mol. The van der Waals surface area contributed by atoms with E-state index in [1.165, 1.54) is 0 Å². The van der Waals surface area contributed by atoms with Gasteiger partial charge < -0.3 is 9.88 Å². The van der Waals surface area contributed by atoms with E-state index in [9.17, 15) is 13.2 Å². The van der Waals surface area contributed by atoms with Crippen molar-refractivity contribution in [2.45, 2.75) is 32.4 Å². The smallest absolute Gasteiger partial charge is 0.255 e. The van der Waals surface area contributed by atoms with Crippen molar-refractivity contribution in [3.05, 3.63) is 76.9 Å². The molecule has 0 aliphatic carbocycles. The predicted molar refractivity (Wildman–Crippen MR) is 126 cm³/mol. The van der Waals surface area contributed by atoms with Crippen molar-refractivity contribution in [2.24, 2.45) is 0 Å². The van der Waals surface area contributed by atoms with E-state index in [0.717, 1.165) is 54.3 Å². The minimum atomic E-state index is -2.90. The minimum Gasteiger partial charge on any atom is -0.322 e. The van der Waals surface area contributed by atoms with Crippen LogP contribution in [-0.2, 0) is 35.8 Å². The molecule has 5 rings (SSSR count). The lowest BCUT2D eigenvalue weighted by atomic mass is 10.1. The highest BCUT2D eigenvalue weighted by molar-refractivity contribution is 7.91. The maximum Gasteiger partial charge on any atom is 0.255 e. The number of amides is 1. The molecule has 2 aliphatic heterocycles. The van der Waals surface area contributed by atoms with Crippen LogP contribution in [0.25, 0.3) is 0 Å². The third-order valence-corrected chi connectivity index (χ3v) is 7.90. The number of carbonyl (C=O) groups excluding carboxylic acids is 1. The number of hydrogen-bond donors (Lipinski definition) is 1. The Bertz CT molecular complexity index is 1250. The summed E-state index contributed by atoms with van der Waals surface area (Å²) in [6, 6.07) is 15.3. The molecule has 1 N–H and O–H groups in total. The van der Waals surface area contributed by atoms with Crippen LogP contribution >= 0.6 is 0 Å². The SMILES string of the molecule is O=C(Nc1ccc(Cc2nnc3n2CCC3)cc1)c1cccc(CN2CCS(=O)(=O)CC2)c1. The first kappa shape index (κ1) is 21.8. The van der Waals surface area contributed by atoms with Gasteiger partial charge in [-0.1, -0.05) is 24.3 Å². The van der Waals surface area contributed by atoms with E-state index in [4.69, 9.17) is 0 Å². The molecule has 0 unspecified atom stereocenters. The van der Waals surface area contributed by atoms with E-state index in [2.05, 4.69) is 25.0 Å². The molecule has 0 saturated carbocycles. The Morgan fingerprint density at radius 2 is 1.76 bits per heavy atom. The molecule has 1 amide bonds. The molecule has 2 aliphatic rings. The van der Waals surface area contributed by atoms with Crippen LogP contribution < -0.4 is 5.32 Å². The molecule has 0 radical (unpaired) electrons. The first-order valence-electron chi connectivity index (χ1n) is 11.3. The first-order valence-corrected chi connectivity index (χ1v) is 13.1. The predicted octanol–water partition coefficient (Wildman–Crippen LogP) is 2.30. The van der Waals surface area contributed by atoms with Gasteiger partial charge in [-0.15, -0.1) is 10.2 Å². The number of aromatic nitrogens is 3. The Labute approximate surface area is 193 Å². The second-order valence-electron chi connectivity index (χ2n) is 8.74. The number of sulfone groups is 1. The molecular weight excluding hydrogens is 438 g/mol. The van der Waals surface area contributed by atoms with Crippen molar-refractivity contribution in [3.63, 3.8) is 0 Å². The molecule has 9 heteroatoms. The Morgan fingerprint density at radius 3 is 2.55 bits per heavy atom. The van der Waals surface area contributed by atoms with Gasteiger partial charge in [0.2, 0.25) is 0 Å². The van der Waals surface area contributed by atoms with Gasteiger partial charge in [-0.3, -0.25) is 9.69 Å². The van der Waals surface area contributed by atoms with Crippen molar-refractivity contribution in [2.75, 3.05) is 29.9 Å². The summed E-state index contributed by atoms with van der Waals surface area (Å²) < 4.78 is 25.4. The number of nitrogens with one attached hydrogen (secondary N) is 1. The molecule has 0 atom stereocenters. The van der Waals surface area contributed by atoms with Gasteiger partial charge in [0.05, 0.1) is 11.5 Å². The summed E-state index contributed by atoms with van der Waals surface area (Å²) in [6.45, 7) is 2.69. The summed E-state index contributed by atoms with van der Waals surface area (Å²) in [7, 11) is -2.90.